The summed E-state index contributed by atoms with van der Waals surface area (Å²) < 4.78 is 38.3. The van der Waals surface area contributed by atoms with Gasteiger partial charge in [-0.25, -0.2) is 0 Å². The van der Waals surface area contributed by atoms with Gasteiger partial charge in [-0.1, -0.05) is 86.5 Å². The van der Waals surface area contributed by atoms with E-state index in [4.69, 9.17) is 73.3 Å². The summed E-state index contributed by atoms with van der Waals surface area (Å²) in [6, 6.07) is 0.903. The zero-order valence-corrected chi connectivity index (χ0v) is 97.8. The maximum absolute atomic E-state index is 6.41. The van der Waals surface area contributed by atoms with Gasteiger partial charge >= 0.3 is 0 Å². The fourth-order valence-corrected chi connectivity index (χ4v) is 25.7. The topological polar surface area (TPSA) is 299 Å². The number of nitrogens with zero attached hydrogens (tertiary/aromatic N) is 15. The number of unbranched alkanes of at least 4 members (excludes halogenated alkanes) is 7. The van der Waals surface area contributed by atoms with Gasteiger partial charge in [0.05, 0.1) is 0 Å². The Morgan fingerprint density at radius 1 is 0.222 bits per heavy atom. The number of nitrogens with one attached hydrogen (secondary N) is 9. The van der Waals surface area contributed by atoms with Crippen molar-refractivity contribution in [1.29, 1.82) is 0 Å². The smallest absolute Gasteiger partial charge is 0.232 e. The maximum atomic E-state index is 6.41. The molecule has 0 spiro atoms. The van der Waals surface area contributed by atoms with E-state index >= 15 is 0 Å². The maximum Gasteiger partial charge on any atom is 0.232 e. The minimum atomic E-state index is -0.146. The quantitative estimate of drug-likeness (QED) is 0.0237. The summed E-state index contributed by atoms with van der Waals surface area (Å²) in [4.78, 5) is 66.8. The van der Waals surface area contributed by atoms with Crippen molar-refractivity contribution in [1.82, 2.24) is 76.8 Å². The van der Waals surface area contributed by atoms with E-state index in [2.05, 4.69) is 285 Å². The number of piperidine rings is 6. The molecule has 0 aromatic carbocycles. The summed E-state index contributed by atoms with van der Waals surface area (Å²) in [5.74, 6) is 6.39. The Morgan fingerprint density at radius 3 is 0.576 bits per heavy atom. The molecule has 0 bridgehead atoms. The summed E-state index contributed by atoms with van der Waals surface area (Å²) in [7, 11) is 0. The van der Waals surface area contributed by atoms with E-state index < -0.39 is 0 Å². The Labute approximate surface area is 878 Å². The largest absolute Gasteiger partial charge is 0.381 e. The molecular formula is C114H218N24O6. The monoisotopic (exact) mass is 2020 g/mol. The van der Waals surface area contributed by atoms with E-state index in [1.54, 1.807) is 0 Å². The molecule has 3 aromatic rings. The van der Waals surface area contributed by atoms with E-state index in [-0.39, 0.29) is 109 Å². The third-order valence-electron chi connectivity index (χ3n) is 30.0. The van der Waals surface area contributed by atoms with E-state index in [0.717, 1.165) is 339 Å². The molecule has 830 valence electrons. The molecule has 9 heterocycles. The number of aromatic nitrogens is 9. The van der Waals surface area contributed by atoms with Crippen LogP contribution in [0.15, 0.2) is 0 Å². The van der Waals surface area contributed by atoms with Gasteiger partial charge in [-0.2, -0.15) is 44.9 Å². The highest BCUT2D eigenvalue weighted by atomic mass is 16.5. The molecule has 30 heteroatoms. The van der Waals surface area contributed by atoms with Crippen molar-refractivity contribution in [2.75, 3.05) is 184 Å². The molecule has 0 amide bonds. The average molecular weight is 2020 g/mol. The highest BCUT2D eigenvalue weighted by Gasteiger charge is 2.49. The van der Waals surface area contributed by atoms with E-state index in [9.17, 15) is 0 Å². The molecule has 144 heavy (non-hydrogen) atoms. The van der Waals surface area contributed by atoms with Gasteiger partial charge in [-0.15, -0.1) is 0 Å². The van der Waals surface area contributed by atoms with Crippen LogP contribution in [0.1, 0.15) is 432 Å². The molecule has 6 saturated heterocycles. The van der Waals surface area contributed by atoms with Crippen molar-refractivity contribution in [2.45, 2.75) is 535 Å². The number of rotatable bonds is 68. The first-order valence-corrected chi connectivity index (χ1v) is 58.2. The van der Waals surface area contributed by atoms with Crippen LogP contribution in [-0.4, -0.2) is 286 Å². The highest BCUT2D eigenvalue weighted by Crippen LogP contribution is 2.43. The molecule has 6 fully saturated rings. The van der Waals surface area contributed by atoms with Gasteiger partial charge in [-0.05, 0) is 352 Å². The van der Waals surface area contributed by atoms with Crippen LogP contribution in [0.2, 0.25) is 0 Å². The first kappa shape index (κ1) is 122. The zero-order valence-electron chi connectivity index (χ0n) is 97.8. The van der Waals surface area contributed by atoms with Gasteiger partial charge in [0.25, 0.3) is 0 Å². The van der Waals surface area contributed by atoms with E-state index in [1.165, 1.54) is 0 Å². The van der Waals surface area contributed by atoms with Gasteiger partial charge < -0.3 is 106 Å². The second-order valence-corrected chi connectivity index (χ2v) is 52.3. The van der Waals surface area contributed by atoms with Crippen LogP contribution < -0.4 is 77.3 Å². The van der Waals surface area contributed by atoms with Crippen LogP contribution in [0.4, 0.5) is 53.5 Å². The van der Waals surface area contributed by atoms with Gasteiger partial charge in [0, 0.05) is 241 Å². The SMILES string of the molecule is CCCCOCCCN(c1nc(NCCCCC(CCCNc2nc(N(CCCOCCCC)C3CC(C)(C)NC(C)(C)C3)nc(N(CCCOCCCC)C3CC(C)(C)NC(C)(C)C3)n2)CNc2nc(N(CCCOCCCC)C3CC(C)(C)NC(C)(C)C3)nc(N(CCCOCCCC)C3CC(C)(C)NC(C)(C)C3)n2)nc(N(CCCOCCCC)C2CC(C)(C)NC(C)(C)C2)n1)C1CC(C)(C)NC(C)(C)C1. The fourth-order valence-electron chi connectivity index (χ4n) is 25.7. The lowest BCUT2D eigenvalue weighted by Gasteiger charge is -2.50. The second-order valence-electron chi connectivity index (χ2n) is 52.3. The molecule has 0 saturated carbocycles. The molecule has 9 rings (SSSR count). The van der Waals surface area contributed by atoms with E-state index in [1.807, 2.05) is 0 Å². The van der Waals surface area contributed by atoms with Crippen LogP contribution in [0.25, 0.3) is 0 Å². The van der Waals surface area contributed by atoms with Crippen molar-refractivity contribution in [3.05, 3.63) is 0 Å². The van der Waals surface area contributed by atoms with Crippen molar-refractivity contribution in [2.24, 2.45) is 5.92 Å². The first-order valence-electron chi connectivity index (χ1n) is 58.2. The minimum absolute atomic E-state index is 0.126. The Kier molecular flexibility index (Phi) is 48.3. The van der Waals surface area contributed by atoms with Gasteiger partial charge in [0.2, 0.25) is 53.5 Å². The molecule has 9 N–H and O–H groups in total. The van der Waals surface area contributed by atoms with E-state index in [0.29, 0.717) is 77.1 Å². The highest BCUT2D eigenvalue weighted by molar-refractivity contribution is 5.51. The summed E-state index contributed by atoms with van der Waals surface area (Å²) in [5, 5.41) is 36.2. The van der Waals surface area contributed by atoms with Gasteiger partial charge in [0.15, 0.2) is 0 Å². The third kappa shape index (κ3) is 42.8. The first-order chi connectivity index (χ1) is 67.9. The van der Waals surface area contributed by atoms with Crippen LogP contribution in [0.3, 0.4) is 0 Å². The predicted molar refractivity (Wildman–Crippen MR) is 604 cm³/mol. The van der Waals surface area contributed by atoms with Crippen molar-refractivity contribution in [3.63, 3.8) is 0 Å². The minimum Gasteiger partial charge on any atom is -0.381 e. The molecule has 0 radical (unpaired) electrons. The lowest BCUT2D eigenvalue weighted by Crippen LogP contribution is -2.63. The molecule has 1 unspecified atom stereocenters. The number of ether oxygens (including phenoxy) is 6. The Hall–Kier alpha value is -5.25. The molecule has 0 aliphatic carbocycles. The molecule has 1 atom stereocenters. The summed E-state index contributed by atoms with van der Waals surface area (Å²) in [6.45, 7) is 85.2. The zero-order chi connectivity index (χ0) is 105. The van der Waals surface area contributed by atoms with Crippen molar-refractivity contribution in [3.8, 4) is 0 Å². The average Bonchev–Trinajstić information content (AvgIpc) is 0.775. The van der Waals surface area contributed by atoms with Gasteiger partial charge in [0.1, 0.15) is 0 Å². The summed E-state index contributed by atoms with van der Waals surface area (Å²) in [5.41, 5.74) is -1.62. The van der Waals surface area contributed by atoms with Crippen LogP contribution >= 0.6 is 0 Å². The Balaban J connectivity index is 1.16. The Bertz CT molecular complexity index is 3800. The summed E-state index contributed by atoms with van der Waals surface area (Å²) in [6.07, 6.45) is 33.7. The third-order valence-corrected chi connectivity index (χ3v) is 30.0. The number of hydrogen-bond donors (Lipinski definition) is 9. The molecule has 3 aromatic heterocycles. The van der Waals surface area contributed by atoms with Crippen LogP contribution in [0, 0.1) is 5.92 Å². The lowest BCUT2D eigenvalue weighted by atomic mass is 9.79. The lowest BCUT2D eigenvalue weighted by molar-refractivity contribution is 0.125. The van der Waals surface area contributed by atoms with Crippen molar-refractivity contribution >= 4 is 53.5 Å². The molecule has 30 nitrogen and oxygen atoms in total. The molecule has 6 aliphatic heterocycles. The van der Waals surface area contributed by atoms with Gasteiger partial charge in [-0.3, -0.25) is 0 Å². The number of anilines is 9. The normalized spacial score (nSPS) is 21.0. The van der Waals surface area contributed by atoms with Crippen LogP contribution in [0.5, 0.6) is 0 Å². The predicted octanol–water partition coefficient (Wildman–Crippen LogP) is 21.4. The fraction of sp³-hybridized carbons (Fsp3) is 0.921. The molecular weight excluding hydrogens is 1800 g/mol. The Morgan fingerprint density at radius 2 is 0.389 bits per heavy atom. The second kappa shape index (κ2) is 56.9. The number of hydrogen-bond acceptors (Lipinski definition) is 30. The standard InChI is InChI=1S/C114H218N24O6/c1-31-37-62-139-68-46-56-133(88-74-103(7,8)127-104(9,10)75-88)97-118-94(119-98(124-97)134(57-47-69-140-63-38-32-2)89-76-105(11,12)128-106(13,14)77-89)115-54-44-43-52-87(86-117-96-122-101(137(60-50-72-143-66-41-35-5)92-82-111(23,24)131-112(25,26)83-92)126-102(123-96)138(61-51-73-144-67-42-36-6)93-84-113(27,28)132-114(29,30)85-93)53-45-55-116-95-120-99(135(58-48-70-141-64-39-33-3)90-78-107(15,16)129-108(17,18)79-90)125-100(121-95)136(59-49-71-142-65-40-34-4)91-80-109(19,20)130-110(21,22)81-91/h87-93,127-132H,31-86H2,1-30H3,(H,115,118,119,124)(H,116,120,121,125)(H,117,122,123,126). The van der Waals surface area contributed by atoms with Crippen molar-refractivity contribution < 1.29 is 28.4 Å². The molecule has 6 aliphatic rings. The summed E-state index contributed by atoms with van der Waals surface area (Å²) >= 11 is 0. The van der Waals surface area contributed by atoms with Crippen LogP contribution in [-0.2, 0) is 28.4 Å².